The minimum atomic E-state index is -0.584. The number of halogens is 2. The molecule has 3 aromatic rings. The Bertz CT molecular complexity index is 1070. The third kappa shape index (κ3) is 3.84. The van der Waals surface area contributed by atoms with Gasteiger partial charge in [-0.1, -0.05) is 41.4 Å². The zero-order valence-electron chi connectivity index (χ0n) is 13.2. The molecule has 9 heteroatoms. The molecule has 1 aromatic heterocycles. The standard InChI is InChI=1S/C17H12Cl2N4O3/c18-9-5-6-12(13(19)7-9)17(26)23-21-15(24)8-14-10-3-1-2-4-11(10)16(25)22-20-14/h1-7H,8H2,(H,21,24)(H,22,25)(H,23,26). The lowest BCUT2D eigenvalue weighted by atomic mass is 10.1. The average molecular weight is 391 g/mol. The number of hydrogen-bond donors (Lipinski definition) is 3. The zero-order chi connectivity index (χ0) is 18.7. The number of benzene rings is 2. The summed E-state index contributed by atoms with van der Waals surface area (Å²) in [5.74, 6) is -1.09. The summed E-state index contributed by atoms with van der Waals surface area (Å²) < 4.78 is 0. The summed E-state index contributed by atoms with van der Waals surface area (Å²) in [6.07, 6.45) is -0.133. The summed E-state index contributed by atoms with van der Waals surface area (Å²) >= 11 is 11.7. The Hall–Kier alpha value is -2.90. The quantitative estimate of drug-likeness (QED) is 0.596. The van der Waals surface area contributed by atoms with Crippen molar-refractivity contribution < 1.29 is 9.59 Å². The van der Waals surface area contributed by atoms with Crippen LogP contribution >= 0.6 is 23.2 Å². The van der Waals surface area contributed by atoms with Crippen LogP contribution < -0.4 is 16.4 Å². The molecule has 26 heavy (non-hydrogen) atoms. The van der Waals surface area contributed by atoms with Gasteiger partial charge in [-0.05, 0) is 24.3 Å². The molecule has 0 fully saturated rings. The highest BCUT2D eigenvalue weighted by Crippen LogP contribution is 2.20. The third-order valence-corrected chi connectivity index (χ3v) is 4.14. The second-order valence-electron chi connectivity index (χ2n) is 5.35. The Labute approximate surface area is 157 Å². The molecule has 7 nitrogen and oxygen atoms in total. The van der Waals surface area contributed by atoms with Crippen LogP contribution in [-0.4, -0.2) is 22.0 Å². The van der Waals surface area contributed by atoms with Crippen LogP contribution in [0.15, 0.2) is 47.3 Å². The van der Waals surface area contributed by atoms with E-state index in [1.165, 1.54) is 18.2 Å². The zero-order valence-corrected chi connectivity index (χ0v) is 14.7. The maximum Gasteiger partial charge on any atom is 0.272 e. The van der Waals surface area contributed by atoms with E-state index in [4.69, 9.17) is 23.2 Å². The Morgan fingerprint density at radius 1 is 1.04 bits per heavy atom. The van der Waals surface area contributed by atoms with Gasteiger partial charge in [-0.25, -0.2) is 5.10 Å². The maximum atomic E-state index is 12.1. The molecule has 3 N–H and O–H groups in total. The Balaban J connectivity index is 1.69. The summed E-state index contributed by atoms with van der Waals surface area (Å²) in [6, 6.07) is 11.2. The summed E-state index contributed by atoms with van der Waals surface area (Å²) in [5, 5.41) is 7.82. The molecule has 0 unspecified atom stereocenters. The highest BCUT2D eigenvalue weighted by molar-refractivity contribution is 6.36. The van der Waals surface area contributed by atoms with Crippen molar-refractivity contribution in [3.8, 4) is 0 Å². The first-order valence-electron chi connectivity index (χ1n) is 7.46. The number of nitrogens with zero attached hydrogens (tertiary/aromatic N) is 1. The van der Waals surface area contributed by atoms with Crippen molar-refractivity contribution in [1.82, 2.24) is 21.0 Å². The van der Waals surface area contributed by atoms with Crippen molar-refractivity contribution in [3.05, 3.63) is 74.1 Å². The highest BCUT2D eigenvalue weighted by Gasteiger charge is 2.14. The van der Waals surface area contributed by atoms with E-state index < -0.39 is 11.8 Å². The predicted molar refractivity (Wildman–Crippen MR) is 98.1 cm³/mol. The second-order valence-corrected chi connectivity index (χ2v) is 6.19. The first-order valence-corrected chi connectivity index (χ1v) is 8.22. The van der Waals surface area contributed by atoms with E-state index in [-0.39, 0.29) is 22.6 Å². The summed E-state index contributed by atoms with van der Waals surface area (Å²) in [6.45, 7) is 0. The van der Waals surface area contributed by atoms with Crippen molar-refractivity contribution in [2.24, 2.45) is 0 Å². The lowest BCUT2D eigenvalue weighted by molar-refractivity contribution is -0.121. The fourth-order valence-electron chi connectivity index (χ4n) is 2.37. The van der Waals surface area contributed by atoms with Crippen LogP contribution in [0.5, 0.6) is 0 Å². The van der Waals surface area contributed by atoms with Crippen LogP contribution in [0.1, 0.15) is 16.1 Å². The molecule has 0 aliphatic rings. The highest BCUT2D eigenvalue weighted by atomic mass is 35.5. The van der Waals surface area contributed by atoms with E-state index >= 15 is 0 Å². The number of H-pyrrole nitrogens is 1. The van der Waals surface area contributed by atoms with E-state index in [1.54, 1.807) is 24.3 Å². The number of amides is 2. The van der Waals surface area contributed by atoms with Crippen LogP contribution in [0.25, 0.3) is 10.8 Å². The van der Waals surface area contributed by atoms with Crippen molar-refractivity contribution in [2.75, 3.05) is 0 Å². The molecule has 1 heterocycles. The molecule has 0 saturated heterocycles. The van der Waals surface area contributed by atoms with Gasteiger partial charge in [0.15, 0.2) is 0 Å². The van der Waals surface area contributed by atoms with Gasteiger partial charge in [0.25, 0.3) is 11.5 Å². The number of hydrogen-bond acceptors (Lipinski definition) is 4. The van der Waals surface area contributed by atoms with Gasteiger partial charge in [0.2, 0.25) is 5.91 Å². The van der Waals surface area contributed by atoms with E-state index in [9.17, 15) is 14.4 Å². The molecule has 132 valence electrons. The number of hydrazine groups is 1. The predicted octanol–water partition coefficient (Wildman–Crippen LogP) is 2.23. The van der Waals surface area contributed by atoms with Gasteiger partial charge in [0.05, 0.1) is 28.1 Å². The van der Waals surface area contributed by atoms with Crippen molar-refractivity contribution in [3.63, 3.8) is 0 Å². The van der Waals surface area contributed by atoms with Crippen LogP contribution in [0.3, 0.4) is 0 Å². The number of carbonyl (C=O) groups excluding carboxylic acids is 2. The molecular weight excluding hydrogens is 379 g/mol. The van der Waals surface area contributed by atoms with Gasteiger partial charge in [-0.3, -0.25) is 25.2 Å². The SMILES string of the molecule is O=C(Cc1n[nH]c(=O)c2ccccc12)NNC(=O)c1ccc(Cl)cc1Cl. The number of nitrogens with one attached hydrogen (secondary N) is 3. The van der Waals surface area contributed by atoms with Gasteiger partial charge in [0, 0.05) is 10.4 Å². The number of aromatic amines is 1. The average Bonchev–Trinajstić information content (AvgIpc) is 2.62. The first kappa shape index (κ1) is 17.9. The van der Waals surface area contributed by atoms with Gasteiger partial charge in [0.1, 0.15) is 0 Å². The van der Waals surface area contributed by atoms with Crippen LogP contribution in [-0.2, 0) is 11.2 Å². The molecule has 0 atom stereocenters. The normalized spacial score (nSPS) is 10.5. The molecular formula is C17H12Cl2N4O3. The van der Waals surface area contributed by atoms with Crippen molar-refractivity contribution in [1.29, 1.82) is 0 Å². The summed E-state index contributed by atoms with van der Waals surface area (Å²) in [5.41, 5.74) is 4.78. The Morgan fingerprint density at radius 2 is 1.77 bits per heavy atom. The number of aromatic nitrogens is 2. The van der Waals surface area contributed by atoms with E-state index in [0.717, 1.165) is 0 Å². The molecule has 0 saturated carbocycles. The smallest absolute Gasteiger partial charge is 0.272 e. The molecule has 0 bridgehead atoms. The van der Waals surface area contributed by atoms with Crippen LogP contribution in [0.2, 0.25) is 10.0 Å². The van der Waals surface area contributed by atoms with Gasteiger partial charge < -0.3 is 0 Å². The van der Waals surface area contributed by atoms with E-state index in [1.807, 2.05) is 0 Å². The minimum Gasteiger partial charge on any atom is -0.273 e. The lowest BCUT2D eigenvalue weighted by Crippen LogP contribution is -2.42. The Morgan fingerprint density at radius 3 is 2.50 bits per heavy atom. The van der Waals surface area contributed by atoms with Crippen molar-refractivity contribution in [2.45, 2.75) is 6.42 Å². The molecule has 0 spiro atoms. The van der Waals surface area contributed by atoms with Crippen LogP contribution in [0.4, 0.5) is 0 Å². The third-order valence-electron chi connectivity index (χ3n) is 3.59. The molecule has 0 aliphatic carbocycles. The van der Waals surface area contributed by atoms with Crippen molar-refractivity contribution >= 4 is 45.8 Å². The molecule has 2 amide bonds. The Kier molecular flexibility index (Phi) is 5.20. The summed E-state index contributed by atoms with van der Waals surface area (Å²) in [4.78, 5) is 35.9. The van der Waals surface area contributed by atoms with Gasteiger partial charge >= 0.3 is 0 Å². The maximum absolute atomic E-state index is 12.1. The molecule has 3 rings (SSSR count). The van der Waals surface area contributed by atoms with E-state index in [2.05, 4.69) is 21.0 Å². The monoisotopic (exact) mass is 390 g/mol. The molecule has 2 aromatic carbocycles. The first-order chi connectivity index (χ1) is 12.5. The molecule has 0 aliphatic heterocycles. The van der Waals surface area contributed by atoms with Gasteiger partial charge in [-0.2, -0.15) is 5.10 Å². The lowest BCUT2D eigenvalue weighted by Gasteiger charge is -2.09. The molecule has 0 radical (unpaired) electrons. The number of rotatable bonds is 3. The summed E-state index contributed by atoms with van der Waals surface area (Å²) in [7, 11) is 0. The largest absolute Gasteiger partial charge is 0.273 e. The second kappa shape index (κ2) is 7.55. The minimum absolute atomic E-state index is 0.133. The fraction of sp³-hybridized carbons (Fsp3) is 0.0588. The van der Waals surface area contributed by atoms with E-state index in [0.29, 0.717) is 21.5 Å². The fourth-order valence-corrected chi connectivity index (χ4v) is 2.86. The number of fused-ring (bicyclic) bond motifs is 1. The van der Waals surface area contributed by atoms with Crippen LogP contribution in [0, 0.1) is 0 Å². The topological polar surface area (TPSA) is 104 Å². The number of carbonyl (C=O) groups is 2. The van der Waals surface area contributed by atoms with Gasteiger partial charge in [-0.15, -0.1) is 0 Å².